The van der Waals surface area contributed by atoms with Gasteiger partial charge in [0, 0.05) is 45.0 Å². The van der Waals surface area contributed by atoms with Crippen molar-refractivity contribution in [1.82, 2.24) is 24.5 Å². The Balaban J connectivity index is 1.42. The number of amides is 3. The van der Waals surface area contributed by atoms with E-state index in [9.17, 15) is 14.0 Å². The Morgan fingerprint density at radius 1 is 1.14 bits per heavy atom. The molecule has 1 spiro atoms. The number of hydrogen-bond acceptors (Lipinski definition) is 4. The molecular formula is C20H24FN5O2. The van der Waals surface area contributed by atoms with Gasteiger partial charge in [0.15, 0.2) is 0 Å². The largest absolute Gasteiger partial charge is 0.327 e. The van der Waals surface area contributed by atoms with Gasteiger partial charge in [-0.2, -0.15) is 5.10 Å². The van der Waals surface area contributed by atoms with E-state index in [1.54, 1.807) is 28.8 Å². The number of likely N-dealkylation sites (N-methyl/N-ethyl adjacent to an activating group) is 2. The molecule has 0 atom stereocenters. The van der Waals surface area contributed by atoms with E-state index in [1.807, 2.05) is 19.3 Å². The highest BCUT2D eigenvalue weighted by molar-refractivity contribution is 6.06. The number of aromatic nitrogens is 2. The minimum absolute atomic E-state index is 0.0804. The van der Waals surface area contributed by atoms with Crippen molar-refractivity contribution in [3.05, 3.63) is 48.0 Å². The van der Waals surface area contributed by atoms with Gasteiger partial charge in [-0.25, -0.2) is 13.9 Å². The number of nitrogens with zero attached hydrogens (tertiary/aromatic N) is 5. The maximum absolute atomic E-state index is 13.1. The van der Waals surface area contributed by atoms with E-state index in [0.29, 0.717) is 19.4 Å². The van der Waals surface area contributed by atoms with Crippen LogP contribution in [-0.2, 0) is 11.3 Å². The van der Waals surface area contributed by atoms with Crippen LogP contribution in [0.3, 0.4) is 0 Å². The molecule has 3 heterocycles. The number of imide groups is 1. The fourth-order valence-electron chi connectivity index (χ4n) is 4.32. The summed E-state index contributed by atoms with van der Waals surface area (Å²) in [6.45, 7) is 4.67. The van der Waals surface area contributed by atoms with Gasteiger partial charge in [-0.1, -0.05) is 0 Å². The molecular weight excluding hydrogens is 361 g/mol. The molecule has 0 radical (unpaired) electrons. The van der Waals surface area contributed by atoms with Crippen LogP contribution in [0.4, 0.5) is 9.18 Å². The quantitative estimate of drug-likeness (QED) is 0.758. The third kappa shape index (κ3) is 2.97. The minimum atomic E-state index is -0.685. The summed E-state index contributed by atoms with van der Waals surface area (Å²) in [6.07, 6.45) is 5.03. The second-order valence-electron chi connectivity index (χ2n) is 7.47. The van der Waals surface area contributed by atoms with Crippen LogP contribution in [0.1, 0.15) is 25.3 Å². The molecule has 2 saturated heterocycles. The number of halogens is 1. The van der Waals surface area contributed by atoms with Crippen molar-refractivity contribution in [2.24, 2.45) is 0 Å². The van der Waals surface area contributed by atoms with Gasteiger partial charge >= 0.3 is 6.03 Å². The molecule has 1 aromatic carbocycles. The maximum atomic E-state index is 13.1. The van der Waals surface area contributed by atoms with Gasteiger partial charge in [0.1, 0.15) is 11.4 Å². The van der Waals surface area contributed by atoms with Gasteiger partial charge in [0.25, 0.3) is 5.91 Å². The van der Waals surface area contributed by atoms with Crippen molar-refractivity contribution in [3.8, 4) is 5.69 Å². The van der Waals surface area contributed by atoms with E-state index in [0.717, 1.165) is 30.9 Å². The van der Waals surface area contributed by atoms with Crippen LogP contribution in [-0.4, -0.2) is 68.6 Å². The standard InChI is InChI=1S/C20H24FN5O2/c1-3-25-19(28)23(2)18(27)20(25)8-10-24(11-9-20)13-15-12-22-26(14-15)17-6-4-16(21)5-7-17/h4-7,12,14H,3,8-11,13H2,1-2H3. The predicted molar refractivity (Wildman–Crippen MR) is 101 cm³/mol. The maximum Gasteiger partial charge on any atom is 0.327 e. The predicted octanol–water partition coefficient (Wildman–Crippen LogP) is 2.26. The van der Waals surface area contributed by atoms with Gasteiger partial charge in [-0.15, -0.1) is 0 Å². The number of carbonyl (C=O) groups is 2. The van der Waals surface area contributed by atoms with Crippen LogP contribution in [0, 0.1) is 5.82 Å². The summed E-state index contributed by atoms with van der Waals surface area (Å²) in [5.74, 6) is -0.354. The minimum Gasteiger partial charge on any atom is -0.310 e. The summed E-state index contributed by atoms with van der Waals surface area (Å²) in [6, 6.07) is 6.01. The Hall–Kier alpha value is -2.74. The zero-order chi connectivity index (χ0) is 19.9. The number of rotatable bonds is 4. The van der Waals surface area contributed by atoms with Crippen molar-refractivity contribution in [2.45, 2.75) is 31.8 Å². The van der Waals surface area contributed by atoms with Crippen molar-refractivity contribution < 1.29 is 14.0 Å². The second-order valence-corrected chi connectivity index (χ2v) is 7.47. The molecule has 2 aromatic rings. The van der Waals surface area contributed by atoms with Gasteiger partial charge in [0.2, 0.25) is 0 Å². The van der Waals surface area contributed by atoms with Crippen LogP contribution < -0.4 is 0 Å². The van der Waals surface area contributed by atoms with E-state index in [-0.39, 0.29) is 17.8 Å². The number of hydrogen-bond donors (Lipinski definition) is 0. The van der Waals surface area contributed by atoms with Crippen LogP contribution >= 0.6 is 0 Å². The van der Waals surface area contributed by atoms with Crippen LogP contribution in [0.15, 0.2) is 36.7 Å². The molecule has 7 nitrogen and oxygen atoms in total. The number of piperidine rings is 1. The fourth-order valence-corrected chi connectivity index (χ4v) is 4.32. The van der Waals surface area contributed by atoms with Crippen LogP contribution in [0.5, 0.6) is 0 Å². The van der Waals surface area contributed by atoms with Gasteiger partial charge in [0.05, 0.1) is 11.9 Å². The monoisotopic (exact) mass is 385 g/mol. The zero-order valence-corrected chi connectivity index (χ0v) is 16.1. The topological polar surface area (TPSA) is 61.7 Å². The second kappa shape index (κ2) is 7.01. The Morgan fingerprint density at radius 3 is 2.46 bits per heavy atom. The zero-order valence-electron chi connectivity index (χ0n) is 16.1. The summed E-state index contributed by atoms with van der Waals surface area (Å²) >= 11 is 0. The molecule has 0 unspecified atom stereocenters. The molecule has 0 aliphatic carbocycles. The first kappa shape index (κ1) is 18.6. The Kier molecular flexibility index (Phi) is 4.66. The molecule has 1 aromatic heterocycles. The Bertz CT molecular complexity index is 886. The average Bonchev–Trinajstić information content (AvgIpc) is 3.23. The molecule has 0 N–H and O–H groups in total. The van der Waals surface area contributed by atoms with E-state index in [1.165, 1.54) is 17.0 Å². The van der Waals surface area contributed by atoms with Gasteiger partial charge in [-0.3, -0.25) is 14.6 Å². The average molecular weight is 385 g/mol. The first-order valence-corrected chi connectivity index (χ1v) is 9.56. The van der Waals surface area contributed by atoms with Crippen molar-refractivity contribution in [2.75, 3.05) is 26.7 Å². The van der Waals surface area contributed by atoms with Crippen molar-refractivity contribution in [1.29, 1.82) is 0 Å². The normalized spacial score (nSPS) is 19.8. The molecule has 2 fully saturated rings. The molecule has 2 aliphatic rings. The highest BCUT2D eigenvalue weighted by Gasteiger charge is 2.56. The van der Waals surface area contributed by atoms with E-state index >= 15 is 0 Å². The van der Waals surface area contributed by atoms with Gasteiger partial charge < -0.3 is 4.90 Å². The Labute approximate surface area is 163 Å². The number of urea groups is 1. The highest BCUT2D eigenvalue weighted by atomic mass is 19.1. The highest BCUT2D eigenvalue weighted by Crippen LogP contribution is 2.36. The molecule has 28 heavy (non-hydrogen) atoms. The number of likely N-dealkylation sites (tertiary alicyclic amines) is 1. The smallest absolute Gasteiger partial charge is 0.310 e. The van der Waals surface area contributed by atoms with E-state index < -0.39 is 5.54 Å². The molecule has 0 bridgehead atoms. The first-order valence-electron chi connectivity index (χ1n) is 9.56. The molecule has 148 valence electrons. The summed E-state index contributed by atoms with van der Waals surface area (Å²) in [5, 5.41) is 4.36. The summed E-state index contributed by atoms with van der Waals surface area (Å²) in [5.41, 5.74) is 1.18. The SMILES string of the molecule is CCN1C(=O)N(C)C(=O)C12CCN(Cc1cnn(-c3ccc(F)cc3)c1)CC2. The van der Waals surface area contributed by atoms with Crippen molar-refractivity contribution in [3.63, 3.8) is 0 Å². The van der Waals surface area contributed by atoms with E-state index in [4.69, 9.17) is 0 Å². The summed E-state index contributed by atoms with van der Waals surface area (Å²) in [4.78, 5) is 30.3. The first-order chi connectivity index (χ1) is 13.4. The molecule has 4 rings (SSSR count). The van der Waals surface area contributed by atoms with Crippen molar-refractivity contribution >= 4 is 11.9 Å². The van der Waals surface area contributed by atoms with Gasteiger partial charge in [-0.05, 0) is 44.0 Å². The van der Waals surface area contributed by atoms with Crippen LogP contribution in [0.25, 0.3) is 5.69 Å². The molecule has 8 heteroatoms. The Morgan fingerprint density at radius 2 is 1.82 bits per heavy atom. The fraction of sp³-hybridized carbons (Fsp3) is 0.450. The lowest BCUT2D eigenvalue weighted by molar-refractivity contribution is -0.134. The lowest BCUT2D eigenvalue weighted by Crippen LogP contribution is -2.56. The third-order valence-corrected chi connectivity index (χ3v) is 5.87. The van der Waals surface area contributed by atoms with E-state index in [2.05, 4.69) is 10.00 Å². The number of benzene rings is 1. The lowest BCUT2D eigenvalue weighted by atomic mass is 9.86. The summed E-state index contributed by atoms with van der Waals surface area (Å²) < 4.78 is 14.8. The van der Waals surface area contributed by atoms with Crippen LogP contribution in [0.2, 0.25) is 0 Å². The molecule has 3 amide bonds. The summed E-state index contributed by atoms with van der Waals surface area (Å²) in [7, 11) is 1.57. The molecule has 0 saturated carbocycles. The molecule has 2 aliphatic heterocycles. The third-order valence-electron chi connectivity index (χ3n) is 5.87. The lowest BCUT2D eigenvalue weighted by Gasteiger charge is -2.41. The number of carbonyl (C=O) groups excluding carboxylic acids is 2.